The third-order valence-corrected chi connectivity index (χ3v) is 17.7. The van der Waals surface area contributed by atoms with E-state index in [2.05, 4.69) is 63.5 Å². The van der Waals surface area contributed by atoms with E-state index in [4.69, 9.17) is 56.7 Å². The second kappa shape index (κ2) is 54.5. The summed E-state index contributed by atoms with van der Waals surface area (Å²) in [6, 6.07) is -19.2. The van der Waals surface area contributed by atoms with Gasteiger partial charge < -0.3 is 146 Å². The molecular weight excluding hydrogens is 1630 g/mol. The number of carbonyl (C=O) groups is 23. The van der Waals surface area contributed by atoms with Crippen molar-refractivity contribution in [1.82, 2.24) is 69.1 Å². The van der Waals surface area contributed by atoms with Gasteiger partial charge in [0, 0.05) is 32.2 Å². The van der Waals surface area contributed by atoms with Crippen LogP contribution in [0.1, 0.15) is 149 Å². The molecule has 51 nitrogen and oxygen atoms in total. The second-order valence-corrected chi connectivity index (χ2v) is 29.1. The Morgan fingerprint density at radius 2 is 0.675 bits per heavy atom. The minimum Gasteiger partial charge on any atom is -0.481 e. The number of aliphatic carboxylic acids is 4. The molecule has 1 rings (SSSR count). The summed E-state index contributed by atoms with van der Waals surface area (Å²) >= 11 is 0. The monoisotopic (exact) mass is 1750 g/mol. The number of nitrogens with one attached hydrogen (secondary N) is 13. The zero-order valence-corrected chi connectivity index (χ0v) is 68.1. The van der Waals surface area contributed by atoms with Gasteiger partial charge in [0.15, 0.2) is 5.96 Å². The number of carboxylic acids is 4. The number of unbranched alkanes of at least 4 members (excludes halogenated alkanes) is 1. The SMILES string of the molecule is CC(C)C[C@H](NC(=O)[C@H](CCC(N)=O)NC(=O)[C@H](CC(=O)O)NC(=O)[C@H](CCCCN)NC(=O)[C@H](CCC(N)=O)NC(=O)[C@H](CC(=O)O)NC(=O)[C@@H](NC(=O)[C@H](CCC(N)=O)NC(=O)[C@H](CC(N)=O)NC(=O)[C@@H](NC(=O)[C@@H](N)CC(=O)O)[C@@H](C)O)C(C)C)C(=O)N[C@@H](CC(=O)O)C(=O)N[C@@H](Cc1ccccc1)C(=O)N[C@@H](CCCN=C(N)N)C(=O)C(N)=O. The highest BCUT2D eigenvalue weighted by atomic mass is 16.4. The molecule has 1 aromatic carbocycles. The van der Waals surface area contributed by atoms with Gasteiger partial charge in [0.05, 0.1) is 50.3 Å². The molecule has 0 unspecified atom stereocenters. The van der Waals surface area contributed by atoms with Gasteiger partial charge in [-0.1, -0.05) is 58.0 Å². The summed E-state index contributed by atoms with van der Waals surface area (Å²) in [5.41, 5.74) is 49.2. The van der Waals surface area contributed by atoms with Crippen LogP contribution in [-0.4, -0.2) is 271 Å². The molecule has 51 heteroatoms. The van der Waals surface area contributed by atoms with Gasteiger partial charge >= 0.3 is 23.9 Å². The molecule has 0 bridgehead atoms. The fraction of sp³-hybridized carbons (Fsp3) is 0.583. The third-order valence-electron chi connectivity index (χ3n) is 17.7. The molecule has 0 aromatic heterocycles. The molecule has 0 aliphatic rings. The number of Topliss-reactive ketones (excluding diaryl/α,β-unsaturated/α-hetero) is 1. The Morgan fingerprint density at radius 3 is 1.04 bits per heavy atom. The van der Waals surface area contributed by atoms with Gasteiger partial charge in [0.2, 0.25) is 106 Å². The first-order valence-electron chi connectivity index (χ1n) is 38.4. The smallest absolute Gasteiger partial charge is 0.305 e. The van der Waals surface area contributed by atoms with Crippen LogP contribution in [0.3, 0.4) is 0 Å². The van der Waals surface area contributed by atoms with Crippen LogP contribution < -0.4 is 121 Å². The van der Waals surface area contributed by atoms with Crippen LogP contribution in [0, 0.1) is 11.8 Å². The fourth-order valence-corrected chi connectivity index (χ4v) is 11.4. The molecule has 123 heavy (non-hydrogen) atoms. The summed E-state index contributed by atoms with van der Waals surface area (Å²) in [7, 11) is 0. The number of amides is 18. The minimum absolute atomic E-state index is 0.0172. The lowest BCUT2D eigenvalue weighted by Gasteiger charge is -2.29. The molecule has 0 heterocycles. The van der Waals surface area contributed by atoms with Crippen LogP contribution in [0.4, 0.5) is 0 Å². The van der Waals surface area contributed by atoms with Gasteiger partial charge in [-0.3, -0.25) is 115 Å². The highest BCUT2D eigenvalue weighted by Crippen LogP contribution is 2.15. The average Bonchev–Trinajstić information content (AvgIpc) is 0.853. The molecule has 0 spiro atoms. The lowest BCUT2D eigenvalue weighted by atomic mass is 10.0. The van der Waals surface area contributed by atoms with Crippen LogP contribution in [0.5, 0.6) is 0 Å². The number of aliphatic hydroxyl groups excluding tert-OH is 1. The molecular formula is C72H113N23O28. The van der Waals surface area contributed by atoms with Crippen molar-refractivity contribution < 1.29 is 136 Å². The van der Waals surface area contributed by atoms with Gasteiger partial charge in [0.1, 0.15) is 72.5 Å². The van der Waals surface area contributed by atoms with Crippen LogP contribution in [-0.2, 0) is 117 Å². The van der Waals surface area contributed by atoms with Crippen molar-refractivity contribution >= 4 is 142 Å². The van der Waals surface area contributed by atoms with E-state index < -0.39 is 316 Å². The number of aliphatic imine (C=N–C) groups is 1. The molecule has 36 N–H and O–H groups in total. The molecule has 0 aliphatic carbocycles. The molecule has 0 saturated carbocycles. The Kier molecular flexibility index (Phi) is 47.6. The first-order chi connectivity index (χ1) is 57.4. The molecule has 1 aromatic rings. The molecule has 0 fully saturated rings. The van der Waals surface area contributed by atoms with E-state index in [-0.39, 0.29) is 57.6 Å². The third kappa shape index (κ3) is 42.8. The van der Waals surface area contributed by atoms with Gasteiger partial charge in [-0.15, -0.1) is 0 Å². The molecule has 0 saturated heterocycles. The second-order valence-electron chi connectivity index (χ2n) is 29.1. The van der Waals surface area contributed by atoms with Crippen molar-refractivity contribution in [2.75, 3.05) is 13.1 Å². The fourth-order valence-electron chi connectivity index (χ4n) is 11.4. The summed E-state index contributed by atoms with van der Waals surface area (Å²) in [4.78, 5) is 309. The van der Waals surface area contributed by atoms with Crippen LogP contribution in [0.2, 0.25) is 0 Å². The standard InChI is InChI=1S/C72H113N23O28/c1-31(2)24-41(64(116)91-45(29-53(105)106)69(121)89-42(25-34-12-7-6-8-13-34)65(117)83-36(57(109)58(79)110)15-11-23-82-72(80)81)88-62(114)39(17-20-48(76)98)86-67(119)44(28-52(103)104)90-60(112)37(14-9-10-22-73)84-61(113)38(16-19-47(75)97)85-68(120)46(30-54(107)108)93-70(122)55(32(3)4)94-63(115)40(18-21-49(77)99)87-66(118)43(27-50(78)100)92-71(123)56(33(5)96)95-59(111)35(74)26-51(101)102/h6-8,12-13,31-33,35-46,55-56,96H,9-11,14-30,73-74H2,1-5H3,(H2,75,97)(H2,76,98)(H2,77,99)(H2,78,100)(H2,79,110)(H,83,117)(H,84,113)(H,85,120)(H,86,119)(H,87,118)(H,88,114)(H,89,121)(H,90,112)(H,91,116)(H,92,123)(H,93,122)(H,94,115)(H,95,111)(H,101,102)(H,103,104)(H,105,106)(H,107,108)(H4,80,81,82)/t33-,35+,36+,37+,38+,39+,40+,41+,42+,43+,44+,45+,46+,55+,56+/m1/s1. The number of aliphatic hydroxyl groups is 1. The van der Waals surface area contributed by atoms with E-state index >= 15 is 0 Å². The summed E-state index contributed by atoms with van der Waals surface area (Å²) in [5.74, 6) is -33.3. The number of primary amides is 5. The van der Waals surface area contributed by atoms with E-state index in [1.165, 1.54) is 26.0 Å². The van der Waals surface area contributed by atoms with Crippen molar-refractivity contribution in [3.63, 3.8) is 0 Å². The topological polar surface area (TPSA) is 897 Å². The number of benzene rings is 1. The Bertz CT molecular complexity index is 3990. The number of guanidine groups is 1. The number of nitrogens with zero attached hydrogens (tertiary/aromatic N) is 1. The number of nitrogens with two attached hydrogens (primary N) is 9. The minimum atomic E-state index is -2.24. The molecule has 0 aliphatic heterocycles. The number of carboxylic acid groups (broad SMARTS) is 4. The molecule has 18 amide bonds. The van der Waals surface area contributed by atoms with E-state index in [9.17, 15) is 131 Å². The van der Waals surface area contributed by atoms with Crippen LogP contribution in [0.25, 0.3) is 0 Å². The number of rotatable bonds is 61. The average molecular weight is 1750 g/mol. The number of ketones is 1. The summed E-state index contributed by atoms with van der Waals surface area (Å²) in [5, 5.41) is 78.1. The van der Waals surface area contributed by atoms with Gasteiger partial charge in [0.25, 0.3) is 5.91 Å². The number of hydrogen-bond acceptors (Lipinski definition) is 27. The van der Waals surface area contributed by atoms with Crippen LogP contribution in [0.15, 0.2) is 35.3 Å². The Balaban J connectivity index is 3.80. The highest BCUT2D eigenvalue weighted by molar-refractivity contribution is 6.38. The zero-order chi connectivity index (χ0) is 93.8. The lowest BCUT2D eigenvalue weighted by molar-refractivity contribution is -0.142. The van der Waals surface area contributed by atoms with Crippen molar-refractivity contribution in [3.05, 3.63) is 35.9 Å². The van der Waals surface area contributed by atoms with Crippen molar-refractivity contribution in [1.29, 1.82) is 0 Å². The predicted octanol–water partition coefficient (Wildman–Crippen LogP) is -12.3. The summed E-state index contributed by atoms with van der Waals surface area (Å²) in [6.07, 6.45) is -13.1. The van der Waals surface area contributed by atoms with E-state index in [1.54, 1.807) is 32.0 Å². The van der Waals surface area contributed by atoms with Crippen molar-refractivity contribution in [2.24, 2.45) is 68.4 Å². The quantitative estimate of drug-likeness (QED) is 0.0125. The first kappa shape index (κ1) is 107. The predicted molar refractivity (Wildman–Crippen MR) is 424 cm³/mol. The Labute approximate surface area is 702 Å². The molecule has 15 atom stereocenters. The number of hydrogen-bond donors (Lipinski definition) is 27. The lowest BCUT2D eigenvalue weighted by Crippen LogP contribution is -2.62. The summed E-state index contributed by atoms with van der Waals surface area (Å²) < 4.78 is 0. The van der Waals surface area contributed by atoms with E-state index in [1.807, 2.05) is 10.6 Å². The Morgan fingerprint density at radius 1 is 0.350 bits per heavy atom. The molecule has 0 radical (unpaired) electrons. The highest BCUT2D eigenvalue weighted by Gasteiger charge is 2.41. The first-order valence-corrected chi connectivity index (χ1v) is 38.4. The van der Waals surface area contributed by atoms with Gasteiger partial charge in [-0.2, -0.15) is 0 Å². The largest absolute Gasteiger partial charge is 0.481 e. The zero-order valence-electron chi connectivity index (χ0n) is 68.1. The summed E-state index contributed by atoms with van der Waals surface area (Å²) in [6.45, 7) is 6.62. The van der Waals surface area contributed by atoms with Crippen molar-refractivity contribution in [2.45, 2.75) is 241 Å². The Hall–Kier alpha value is -13.6. The maximum atomic E-state index is 14.4. The van der Waals surface area contributed by atoms with E-state index in [0.717, 1.165) is 6.92 Å². The van der Waals surface area contributed by atoms with Crippen LogP contribution >= 0.6 is 0 Å². The van der Waals surface area contributed by atoms with Gasteiger partial charge in [-0.25, -0.2) is 0 Å². The van der Waals surface area contributed by atoms with E-state index in [0.29, 0.717) is 5.56 Å². The maximum absolute atomic E-state index is 14.4. The normalized spacial score (nSPS) is 14.6. The van der Waals surface area contributed by atoms with Crippen molar-refractivity contribution in [3.8, 4) is 0 Å². The van der Waals surface area contributed by atoms with Gasteiger partial charge in [-0.05, 0) is 88.7 Å². The maximum Gasteiger partial charge on any atom is 0.305 e. The molecule has 684 valence electrons. The number of carbonyl (C=O) groups excluding carboxylic acids is 19.